The topological polar surface area (TPSA) is 58.8 Å². The second kappa shape index (κ2) is 2.60. The third kappa shape index (κ3) is 0.971. The minimum atomic E-state index is -0.393. The Morgan fingerprint density at radius 1 is 1.50 bits per heavy atom. The fraction of sp³-hybridized carbons (Fsp3) is 0.857. The highest BCUT2D eigenvalue weighted by atomic mass is 16.7. The lowest BCUT2D eigenvalue weighted by Gasteiger charge is -2.30. The van der Waals surface area contributed by atoms with Crippen molar-refractivity contribution in [2.24, 2.45) is 5.90 Å². The van der Waals surface area contributed by atoms with Crippen LogP contribution in [0.5, 0.6) is 0 Å². The van der Waals surface area contributed by atoms with Crippen LogP contribution in [0.1, 0.15) is 6.42 Å². The fourth-order valence-corrected chi connectivity index (χ4v) is 2.16. The van der Waals surface area contributed by atoms with Gasteiger partial charge >= 0.3 is 6.09 Å². The van der Waals surface area contributed by atoms with E-state index in [1.807, 2.05) is 0 Å². The van der Waals surface area contributed by atoms with Crippen molar-refractivity contribution in [3.63, 3.8) is 0 Å². The van der Waals surface area contributed by atoms with Crippen molar-refractivity contribution in [1.82, 2.24) is 9.80 Å². The number of nitrogens with two attached hydrogens (primary N) is 1. The minimum Gasteiger partial charge on any atom is -0.357 e. The standard InChI is InChI=1S/C7H13N3O2/c1-9-3-6-2-5(9)4-10(6)7(11)12-8/h5-6H,2-4,8H2,1H3. The third-order valence-electron chi connectivity index (χ3n) is 2.85. The van der Waals surface area contributed by atoms with Gasteiger partial charge in [0, 0.05) is 25.2 Å². The van der Waals surface area contributed by atoms with Gasteiger partial charge in [0.05, 0.1) is 0 Å². The molecular weight excluding hydrogens is 158 g/mol. The summed E-state index contributed by atoms with van der Waals surface area (Å²) in [4.78, 5) is 19.2. The van der Waals surface area contributed by atoms with Crippen LogP contribution in [0.2, 0.25) is 0 Å². The Balaban J connectivity index is 2.02. The average Bonchev–Trinajstić information content (AvgIpc) is 2.60. The Labute approximate surface area is 71.0 Å². The van der Waals surface area contributed by atoms with Crippen molar-refractivity contribution in [1.29, 1.82) is 0 Å². The first kappa shape index (κ1) is 7.82. The van der Waals surface area contributed by atoms with Crippen molar-refractivity contribution < 1.29 is 9.63 Å². The first-order valence-electron chi connectivity index (χ1n) is 4.10. The molecule has 68 valence electrons. The lowest BCUT2D eigenvalue weighted by Crippen LogP contribution is -2.47. The number of amides is 1. The van der Waals surface area contributed by atoms with Crippen molar-refractivity contribution in [3.05, 3.63) is 0 Å². The number of likely N-dealkylation sites (N-methyl/N-ethyl adjacent to an activating group) is 1. The molecular formula is C7H13N3O2. The zero-order valence-electron chi connectivity index (χ0n) is 7.06. The highest BCUT2D eigenvalue weighted by Crippen LogP contribution is 2.29. The molecule has 5 heteroatoms. The first-order chi connectivity index (χ1) is 5.72. The molecule has 0 radical (unpaired) electrons. The molecule has 2 N–H and O–H groups in total. The Hall–Kier alpha value is -0.810. The van der Waals surface area contributed by atoms with Crippen LogP contribution in [0, 0.1) is 0 Å². The van der Waals surface area contributed by atoms with Crippen LogP contribution in [0.15, 0.2) is 0 Å². The summed E-state index contributed by atoms with van der Waals surface area (Å²) in [5.74, 6) is 4.81. The highest BCUT2D eigenvalue weighted by Gasteiger charge is 2.44. The normalized spacial score (nSPS) is 34.3. The molecule has 0 aromatic rings. The molecule has 2 fully saturated rings. The maximum atomic E-state index is 11.1. The molecule has 5 nitrogen and oxygen atoms in total. The zero-order chi connectivity index (χ0) is 8.72. The summed E-state index contributed by atoms with van der Waals surface area (Å²) in [7, 11) is 2.08. The van der Waals surface area contributed by atoms with Crippen LogP contribution in [-0.4, -0.2) is 48.1 Å². The lowest BCUT2D eigenvalue weighted by molar-refractivity contribution is 0.0797. The third-order valence-corrected chi connectivity index (χ3v) is 2.85. The fourth-order valence-electron chi connectivity index (χ4n) is 2.16. The molecule has 0 spiro atoms. The summed E-state index contributed by atoms with van der Waals surface area (Å²) in [5, 5.41) is 0. The summed E-state index contributed by atoms with van der Waals surface area (Å²) in [6.07, 6.45) is 0.668. The molecule has 1 amide bonds. The Morgan fingerprint density at radius 3 is 2.67 bits per heavy atom. The molecule has 0 aliphatic carbocycles. The van der Waals surface area contributed by atoms with Crippen LogP contribution >= 0.6 is 0 Å². The van der Waals surface area contributed by atoms with Crippen LogP contribution < -0.4 is 5.90 Å². The molecule has 0 aromatic heterocycles. The van der Waals surface area contributed by atoms with Crippen LogP contribution in [0.3, 0.4) is 0 Å². The Morgan fingerprint density at radius 2 is 2.25 bits per heavy atom. The molecule has 0 saturated carbocycles. The van der Waals surface area contributed by atoms with Gasteiger partial charge < -0.3 is 9.74 Å². The Kier molecular flexibility index (Phi) is 1.69. The number of carbonyl (C=O) groups excluding carboxylic acids is 1. The van der Waals surface area contributed by atoms with Crippen LogP contribution in [0.4, 0.5) is 4.79 Å². The van der Waals surface area contributed by atoms with Crippen molar-refractivity contribution in [3.8, 4) is 0 Å². The summed E-state index contributed by atoms with van der Waals surface area (Å²) in [6.45, 7) is 1.71. The second-order valence-electron chi connectivity index (χ2n) is 3.52. The highest BCUT2D eigenvalue weighted by molar-refractivity contribution is 5.68. The van der Waals surface area contributed by atoms with Gasteiger partial charge in [-0.2, -0.15) is 5.90 Å². The maximum absolute atomic E-state index is 11.1. The van der Waals surface area contributed by atoms with Crippen molar-refractivity contribution >= 4 is 6.09 Å². The van der Waals surface area contributed by atoms with E-state index in [1.54, 1.807) is 4.90 Å². The van der Waals surface area contributed by atoms with E-state index < -0.39 is 6.09 Å². The molecule has 2 saturated heterocycles. The van der Waals surface area contributed by atoms with Crippen molar-refractivity contribution in [2.75, 3.05) is 20.1 Å². The smallest absolute Gasteiger partial charge is 0.357 e. The molecule has 2 unspecified atom stereocenters. The summed E-state index contributed by atoms with van der Waals surface area (Å²) < 4.78 is 0. The van der Waals surface area contributed by atoms with Crippen LogP contribution in [-0.2, 0) is 4.84 Å². The molecule has 0 aromatic carbocycles. The minimum absolute atomic E-state index is 0.316. The number of rotatable bonds is 0. The first-order valence-corrected chi connectivity index (χ1v) is 4.10. The monoisotopic (exact) mass is 171 g/mol. The van der Waals surface area contributed by atoms with E-state index in [4.69, 9.17) is 5.90 Å². The van der Waals surface area contributed by atoms with E-state index in [1.165, 1.54) is 0 Å². The van der Waals surface area contributed by atoms with Gasteiger partial charge in [-0.1, -0.05) is 0 Å². The lowest BCUT2D eigenvalue weighted by atomic mass is 10.2. The van der Waals surface area contributed by atoms with E-state index in [0.29, 0.717) is 12.1 Å². The molecule has 2 aliphatic rings. The second-order valence-corrected chi connectivity index (χ2v) is 3.52. The van der Waals surface area contributed by atoms with Gasteiger partial charge in [0.1, 0.15) is 0 Å². The number of fused-ring (bicyclic) bond motifs is 2. The molecule has 2 atom stereocenters. The van der Waals surface area contributed by atoms with Crippen LogP contribution in [0.25, 0.3) is 0 Å². The number of likely N-dealkylation sites (tertiary alicyclic amines) is 2. The largest absolute Gasteiger partial charge is 0.428 e. The maximum Gasteiger partial charge on any atom is 0.428 e. The molecule has 2 rings (SSSR count). The Bertz CT molecular complexity index is 207. The summed E-state index contributed by atoms with van der Waals surface area (Å²) >= 11 is 0. The number of piperazine rings is 1. The van der Waals surface area contributed by atoms with E-state index in [9.17, 15) is 4.79 Å². The predicted octanol–water partition coefficient (Wildman–Crippen LogP) is -0.615. The summed E-state index contributed by atoms with van der Waals surface area (Å²) in [5.41, 5.74) is 0. The molecule has 2 bridgehead atoms. The quantitative estimate of drug-likeness (QED) is 0.494. The van der Waals surface area contributed by atoms with E-state index in [2.05, 4.69) is 16.8 Å². The van der Waals surface area contributed by atoms with Gasteiger partial charge in [-0.3, -0.25) is 4.90 Å². The van der Waals surface area contributed by atoms with Crippen molar-refractivity contribution in [2.45, 2.75) is 18.5 Å². The van der Waals surface area contributed by atoms with E-state index in [0.717, 1.165) is 19.5 Å². The average molecular weight is 171 g/mol. The van der Waals surface area contributed by atoms with Gasteiger partial charge in [-0.15, -0.1) is 0 Å². The number of hydrogen-bond donors (Lipinski definition) is 1. The molecule has 12 heavy (non-hydrogen) atoms. The number of carbonyl (C=O) groups is 1. The number of hydrogen-bond acceptors (Lipinski definition) is 4. The SMILES string of the molecule is CN1CC2CC1CN2C(=O)ON. The molecule has 2 heterocycles. The van der Waals surface area contributed by atoms with Gasteiger partial charge in [0.2, 0.25) is 0 Å². The summed E-state index contributed by atoms with van der Waals surface area (Å²) in [6, 6.07) is 0.824. The van der Waals surface area contributed by atoms with Gasteiger partial charge in [0.15, 0.2) is 0 Å². The zero-order valence-corrected chi connectivity index (χ0v) is 7.06. The number of nitrogens with zero attached hydrogens (tertiary/aromatic N) is 2. The van der Waals surface area contributed by atoms with Gasteiger partial charge in [-0.05, 0) is 13.5 Å². The molecule has 2 aliphatic heterocycles. The predicted molar refractivity (Wildman–Crippen MR) is 42.2 cm³/mol. The van der Waals surface area contributed by atoms with E-state index >= 15 is 0 Å². The van der Waals surface area contributed by atoms with Gasteiger partial charge in [-0.25, -0.2) is 4.79 Å². The van der Waals surface area contributed by atoms with E-state index in [-0.39, 0.29) is 0 Å². The van der Waals surface area contributed by atoms with Gasteiger partial charge in [0.25, 0.3) is 0 Å².